The largest absolute Gasteiger partial charge is 0.412 e. The average Bonchev–Trinajstić information content (AvgIpc) is 1.71. The lowest BCUT2D eigenvalue weighted by molar-refractivity contribution is 0.287. The fraction of sp³-hybridized carbons (Fsp3) is 1.00. The summed E-state index contributed by atoms with van der Waals surface area (Å²) in [6.07, 6.45) is 2.04. The highest BCUT2D eigenvalue weighted by Gasteiger charge is 1.69. The second-order valence-electron chi connectivity index (χ2n) is 1.39. The maximum Gasteiger partial charge on any atom is 0.0430 e. The van der Waals surface area contributed by atoms with Gasteiger partial charge in [-0.15, -0.1) is 0 Å². The Balaban J connectivity index is -0.0000000326. The molecule has 4 heteroatoms. The van der Waals surface area contributed by atoms with Crippen molar-refractivity contribution in [2.24, 2.45) is 0 Å². The molecule has 0 aromatic rings. The van der Waals surface area contributed by atoms with Crippen LogP contribution in [0.25, 0.3) is 0 Å². The SMILES string of the molecule is CCCCO.CCO.O.O. The first-order chi connectivity index (χ1) is 3.83. The smallest absolute Gasteiger partial charge is 0.0430 e. The molecule has 0 aromatic carbocycles. The first kappa shape index (κ1) is 22.5. The molecule has 4 nitrogen and oxygen atoms in total. The Kier molecular flexibility index (Phi) is 83.1. The van der Waals surface area contributed by atoms with Crippen LogP contribution in [0.4, 0.5) is 0 Å². The third-order valence-electron chi connectivity index (χ3n) is 0.512. The predicted octanol–water partition coefficient (Wildman–Crippen LogP) is -0.872. The van der Waals surface area contributed by atoms with E-state index < -0.39 is 0 Å². The summed E-state index contributed by atoms with van der Waals surface area (Å²) in [4.78, 5) is 0. The van der Waals surface area contributed by atoms with Gasteiger partial charge in [-0.2, -0.15) is 0 Å². The zero-order chi connectivity index (χ0) is 6.83. The Bertz CT molecular complexity index is 23.7. The van der Waals surface area contributed by atoms with E-state index in [9.17, 15) is 0 Å². The van der Waals surface area contributed by atoms with E-state index in [-0.39, 0.29) is 17.6 Å². The molecule has 6 N–H and O–H groups in total. The van der Waals surface area contributed by atoms with Crippen molar-refractivity contribution in [3.63, 3.8) is 0 Å². The van der Waals surface area contributed by atoms with E-state index >= 15 is 0 Å². The van der Waals surface area contributed by atoms with Gasteiger partial charge >= 0.3 is 0 Å². The zero-order valence-corrected chi connectivity index (χ0v) is 6.72. The molecule has 0 aliphatic rings. The van der Waals surface area contributed by atoms with Gasteiger partial charge < -0.3 is 21.2 Å². The predicted molar refractivity (Wildman–Crippen MR) is 42.0 cm³/mol. The molecule has 10 heavy (non-hydrogen) atoms. The molecule has 0 fully saturated rings. The standard InChI is InChI=1S/C4H10O.C2H6O.2H2O/c1-2-3-4-5;1-2-3;;/h5H,2-4H2,1H3;3H,2H2,1H3;2*1H2. The van der Waals surface area contributed by atoms with Crippen molar-refractivity contribution in [2.75, 3.05) is 13.2 Å². The van der Waals surface area contributed by atoms with Crippen LogP contribution in [0.2, 0.25) is 0 Å². The molecule has 0 amide bonds. The quantitative estimate of drug-likeness (QED) is 0.542. The third kappa shape index (κ3) is 108. The molecule has 0 aromatic heterocycles. The van der Waals surface area contributed by atoms with E-state index in [2.05, 4.69) is 6.92 Å². The number of hydrogen-bond acceptors (Lipinski definition) is 2. The van der Waals surface area contributed by atoms with Gasteiger partial charge in [0.05, 0.1) is 0 Å². The van der Waals surface area contributed by atoms with E-state index in [4.69, 9.17) is 10.2 Å². The van der Waals surface area contributed by atoms with Crippen LogP contribution in [-0.4, -0.2) is 34.4 Å². The molecule has 0 rings (SSSR count). The maximum absolute atomic E-state index is 8.07. The molecule has 0 heterocycles. The van der Waals surface area contributed by atoms with E-state index in [0.717, 1.165) is 12.8 Å². The highest BCUT2D eigenvalue weighted by atomic mass is 16.3. The van der Waals surface area contributed by atoms with Crippen LogP contribution in [0, 0.1) is 0 Å². The summed E-state index contributed by atoms with van der Waals surface area (Å²) in [5.74, 6) is 0. The number of aliphatic hydroxyl groups is 2. The fourth-order valence-electron chi connectivity index (χ4n) is 0.158. The van der Waals surface area contributed by atoms with Gasteiger partial charge in [-0.25, -0.2) is 0 Å². The van der Waals surface area contributed by atoms with Crippen LogP contribution in [0.3, 0.4) is 0 Å². The molecule has 0 spiro atoms. The molecule has 0 radical (unpaired) electrons. The summed E-state index contributed by atoms with van der Waals surface area (Å²) >= 11 is 0. The second kappa shape index (κ2) is 36.8. The summed E-state index contributed by atoms with van der Waals surface area (Å²) in [7, 11) is 0. The number of unbranched alkanes of at least 4 members (excludes halogenated alkanes) is 1. The van der Waals surface area contributed by atoms with Crippen LogP contribution in [0.5, 0.6) is 0 Å². The Morgan fingerprint density at radius 1 is 1.00 bits per heavy atom. The molecular formula is C6H20O4. The summed E-state index contributed by atoms with van der Waals surface area (Å²) in [6, 6.07) is 0. The van der Waals surface area contributed by atoms with Crippen LogP contribution >= 0.6 is 0 Å². The molecule has 0 bridgehead atoms. The van der Waals surface area contributed by atoms with Gasteiger partial charge in [0.25, 0.3) is 0 Å². The fourth-order valence-corrected chi connectivity index (χ4v) is 0.158. The monoisotopic (exact) mass is 156 g/mol. The molecule has 0 unspecified atom stereocenters. The summed E-state index contributed by atoms with van der Waals surface area (Å²) in [5.41, 5.74) is 0. The molecule has 0 atom stereocenters. The minimum atomic E-state index is 0. The van der Waals surface area contributed by atoms with Crippen molar-refractivity contribution in [3.05, 3.63) is 0 Å². The van der Waals surface area contributed by atoms with E-state index in [1.807, 2.05) is 0 Å². The van der Waals surface area contributed by atoms with Crippen LogP contribution < -0.4 is 0 Å². The van der Waals surface area contributed by atoms with Gasteiger partial charge in [0.1, 0.15) is 0 Å². The Hall–Kier alpha value is -0.160. The van der Waals surface area contributed by atoms with E-state index in [1.165, 1.54) is 0 Å². The normalized spacial score (nSPS) is 6.00. The number of aliphatic hydroxyl groups excluding tert-OH is 2. The van der Waals surface area contributed by atoms with Crippen molar-refractivity contribution in [2.45, 2.75) is 26.7 Å². The van der Waals surface area contributed by atoms with Crippen LogP contribution in [0.15, 0.2) is 0 Å². The van der Waals surface area contributed by atoms with Crippen molar-refractivity contribution in [3.8, 4) is 0 Å². The molecule has 0 saturated carbocycles. The average molecular weight is 156 g/mol. The molecule has 0 aliphatic carbocycles. The van der Waals surface area contributed by atoms with Gasteiger partial charge in [0, 0.05) is 13.2 Å². The topological polar surface area (TPSA) is 103 Å². The second-order valence-corrected chi connectivity index (χ2v) is 1.39. The molecular weight excluding hydrogens is 136 g/mol. The summed E-state index contributed by atoms with van der Waals surface area (Å²) in [5, 5.41) is 15.6. The highest BCUT2D eigenvalue weighted by Crippen LogP contribution is 1.78. The maximum atomic E-state index is 8.07. The van der Waals surface area contributed by atoms with Crippen molar-refractivity contribution in [1.29, 1.82) is 0 Å². The van der Waals surface area contributed by atoms with Gasteiger partial charge in [-0.3, -0.25) is 0 Å². The van der Waals surface area contributed by atoms with Crippen molar-refractivity contribution in [1.82, 2.24) is 0 Å². The Morgan fingerprint density at radius 3 is 1.30 bits per heavy atom. The van der Waals surface area contributed by atoms with Gasteiger partial charge in [0.2, 0.25) is 0 Å². The van der Waals surface area contributed by atoms with E-state index in [1.54, 1.807) is 6.92 Å². The third-order valence-corrected chi connectivity index (χ3v) is 0.512. The number of rotatable bonds is 2. The van der Waals surface area contributed by atoms with Crippen LogP contribution in [-0.2, 0) is 0 Å². The zero-order valence-electron chi connectivity index (χ0n) is 6.72. The highest BCUT2D eigenvalue weighted by molar-refractivity contribution is 4.23. The minimum absolute atomic E-state index is 0. The van der Waals surface area contributed by atoms with Gasteiger partial charge in [-0.1, -0.05) is 13.3 Å². The molecule has 68 valence electrons. The summed E-state index contributed by atoms with van der Waals surface area (Å²) < 4.78 is 0. The van der Waals surface area contributed by atoms with Gasteiger partial charge in [-0.05, 0) is 13.3 Å². The summed E-state index contributed by atoms with van der Waals surface area (Å²) in [6.45, 7) is 4.33. The number of hydrogen-bond donors (Lipinski definition) is 2. The molecule has 0 aliphatic heterocycles. The first-order valence-corrected chi connectivity index (χ1v) is 3.05. The lowest BCUT2D eigenvalue weighted by Gasteiger charge is -1.79. The van der Waals surface area contributed by atoms with Crippen LogP contribution in [0.1, 0.15) is 26.7 Å². The Morgan fingerprint density at radius 2 is 1.30 bits per heavy atom. The lowest BCUT2D eigenvalue weighted by atomic mass is 10.4. The molecule has 0 saturated heterocycles. The van der Waals surface area contributed by atoms with Crippen molar-refractivity contribution < 1.29 is 21.2 Å². The first-order valence-electron chi connectivity index (χ1n) is 3.05. The minimum Gasteiger partial charge on any atom is -0.412 e. The van der Waals surface area contributed by atoms with Gasteiger partial charge in [0.15, 0.2) is 0 Å². The van der Waals surface area contributed by atoms with E-state index in [0.29, 0.717) is 6.61 Å². The lowest BCUT2D eigenvalue weighted by Crippen LogP contribution is -1.75. The van der Waals surface area contributed by atoms with Crippen molar-refractivity contribution >= 4 is 0 Å². The Labute approximate surface area is 62.1 Å².